The van der Waals surface area contributed by atoms with Gasteiger partial charge in [0.1, 0.15) is 4.88 Å². The smallest absolute Gasteiger partial charge is 0.266 e. The molecule has 0 saturated heterocycles. The molecule has 0 bridgehead atoms. The van der Waals surface area contributed by atoms with Crippen molar-refractivity contribution in [2.45, 2.75) is 26.2 Å². The summed E-state index contributed by atoms with van der Waals surface area (Å²) in [6, 6.07) is 5.98. The summed E-state index contributed by atoms with van der Waals surface area (Å²) in [7, 11) is 0. The molecule has 1 amide bonds. The van der Waals surface area contributed by atoms with Crippen LogP contribution < -0.4 is 5.73 Å². The van der Waals surface area contributed by atoms with Gasteiger partial charge in [0.15, 0.2) is 0 Å². The van der Waals surface area contributed by atoms with Crippen LogP contribution in [0.15, 0.2) is 22.7 Å². The first-order chi connectivity index (χ1) is 10.1. The molecule has 1 heterocycles. The van der Waals surface area contributed by atoms with Gasteiger partial charge in [-0.3, -0.25) is 4.79 Å². The third kappa shape index (κ3) is 2.81. The first kappa shape index (κ1) is 14.9. The Kier molecular flexibility index (Phi) is 4.22. The number of hydrogen-bond acceptors (Lipinski definition) is 3. The fourth-order valence-corrected chi connectivity index (χ4v) is 4.17. The van der Waals surface area contributed by atoms with E-state index >= 15 is 0 Å². The Hall–Kier alpha value is -1.07. The normalized spacial score (nSPS) is 15.1. The molecule has 1 fully saturated rings. The Balaban J connectivity index is 1.90. The molecule has 2 aromatic rings. The van der Waals surface area contributed by atoms with E-state index in [9.17, 15) is 4.79 Å². The predicted octanol–water partition coefficient (Wildman–Crippen LogP) is 4.51. The number of fused-ring (bicyclic) bond motifs is 1. The highest BCUT2D eigenvalue weighted by Gasteiger charge is 2.26. The van der Waals surface area contributed by atoms with Gasteiger partial charge < -0.3 is 10.6 Å². The lowest BCUT2D eigenvalue weighted by Gasteiger charge is -2.31. The van der Waals surface area contributed by atoms with E-state index in [1.54, 1.807) is 0 Å². The number of nitrogen functional groups attached to an aromatic ring is 1. The van der Waals surface area contributed by atoms with Crippen LogP contribution >= 0.6 is 27.3 Å². The van der Waals surface area contributed by atoms with Crippen LogP contribution in [0.2, 0.25) is 0 Å². The summed E-state index contributed by atoms with van der Waals surface area (Å²) in [4.78, 5) is 15.4. The zero-order valence-electron chi connectivity index (χ0n) is 12.1. The molecule has 3 nitrogen and oxygen atoms in total. The number of nitrogens with zero attached hydrogens (tertiary/aromatic N) is 1. The van der Waals surface area contributed by atoms with Crippen LogP contribution in [0.1, 0.15) is 35.9 Å². The van der Waals surface area contributed by atoms with Crippen LogP contribution in [-0.4, -0.2) is 23.9 Å². The minimum absolute atomic E-state index is 0.0826. The zero-order chi connectivity index (χ0) is 15.0. The number of carbonyl (C=O) groups is 1. The zero-order valence-corrected chi connectivity index (χ0v) is 14.5. The number of rotatable bonds is 4. The van der Waals surface area contributed by atoms with E-state index in [0.29, 0.717) is 16.5 Å². The van der Waals surface area contributed by atoms with Gasteiger partial charge in [0.05, 0.1) is 5.69 Å². The highest BCUT2D eigenvalue weighted by molar-refractivity contribution is 9.10. The van der Waals surface area contributed by atoms with Crippen molar-refractivity contribution in [3.63, 3.8) is 0 Å². The summed E-state index contributed by atoms with van der Waals surface area (Å²) >= 11 is 4.96. The van der Waals surface area contributed by atoms with Gasteiger partial charge in [0.25, 0.3) is 5.91 Å². The van der Waals surface area contributed by atoms with Gasteiger partial charge in [-0.15, -0.1) is 11.3 Å². The fourth-order valence-electron chi connectivity index (χ4n) is 2.73. The van der Waals surface area contributed by atoms with Crippen molar-refractivity contribution < 1.29 is 4.79 Å². The molecular weight excluding hydrogens is 348 g/mol. The van der Waals surface area contributed by atoms with Crippen molar-refractivity contribution in [1.82, 2.24) is 4.90 Å². The van der Waals surface area contributed by atoms with E-state index in [1.165, 1.54) is 30.6 Å². The van der Waals surface area contributed by atoms with Gasteiger partial charge in [-0.1, -0.05) is 22.4 Å². The predicted molar refractivity (Wildman–Crippen MR) is 92.9 cm³/mol. The van der Waals surface area contributed by atoms with E-state index in [1.807, 2.05) is 30.0 Å². The maximum atomic E-state index is 12.8. The average molecular weight is 367 g/mol. The molecule has 1 aliphatic carbocycles. The second-order valence-corrected chi connectivity index (χ2v) is 7.59. The minimum atomic E-state index is 0.0826. The van der Waals surface area contributed by atoms with Crippen LogP contribution in [0.5, 0.6) is 0 Å². The van der Waals surface area contributed by atoms with E-state index in [0.717, 1.165) is 27.6 Å². The van der Waals surface area contributed by atoms with Gasteiger partial charge in [0, 0.05) is 27.6 Å². The minimum Gasteiger partial charge on any atom is -0.397 e. The molecule has 1 aromatic heterocycles. The Bertz CT molecular complexity index is 678. The van der Waals surface area contributed by atoms with E-state index < -0.39 is 0 Å². The maximum Gasteiger partial charge on any atom is 0.266 e. The van der Waals surface area contributed by atoms with Crippen molar-refractivity contribution in [2.24, 2.45) is 5.92 Å². The highest BCUT2D eigenvalue weighted by Crippen LogP contribution is 2.36. The largest absolute Gasteiger partial charge is 0.397 e. The van der Waals surface area contributed by atoms with Gasteiger partial charge in [-0.05, 0) is 43.9 Å². The number of thiophene rings is 1. The summed E-state index contributed by atoms with van der Waals surface area (Å²) in [5, 5.41) is 0.970. The monoisotopic (exact) mass is 366 g/mol. The van der Waals surface area contributed by atoms with E-state index in [2.05, 4.69) is 15.9 Å². The summed E-state index contributed by atoms with van der Waals surface area (Å²) in [5.74, 6) is 0.762. The molecule has 1 aromatic carbocycles. The molecule has 0 atom stereocenters. The van der Waals surface area contributed by atoms with Crippen molar-refractivity contribution in [3.05, 3.63) is 27.5 Å². The molecule has 112 valence electrons. The fraction of sp³-hybridized carbons (Fsp3) is 0.438. The number of nitrogens with two attached hydrogens (primary N) is 1. The number of halogens is 1. The second-order valence-electron chi connectivity index (χ2n) is 5.63. The van der Waals surface area contributed by atoms with Gasteiger partial charge in [-0.25, -0.2) is 0 Å². The lowest BCUT2D eigenvalue weighted by molar-refractivity contribution is 0.0712. The first-order valence-corrected chi connectivity index (χ1v) is 8.98. The first-order valence-electron chi connectivity index (χ1n) is 7.37. The average Bonchev–Trinajstić information content (AvgIpc) is 2.74. The molecule has 2 N–H and O–H groups in total. The van der Waals surface area contributed by atoms with Crippen LogP contribution in [0.4, 0.5) is 5.69 Å². The summed E-state index contributed by atoms with van der Waals surface area (Å²) in [6.45, 7) is 3.65. The van der Waals surface area contributed by atoms with Gasteiger partial charge in [0.2, 0.25) is 0 Å². The molecule has 1 saturated carbocycles. The topological polar surface area (TPSA) is 46.3 Å². The Morgan fingerprint density at radius 2 is 2.24 bits per heavy atom. The van der Waals surface area contributed by atoms with Crippen LogP contribution in [0.25, 0.3) is 10.1 Å². The molecule has 5 heteroatoms. The second kappa shape index (κ2) is 5.97. The van der Waals surface area contributed by atoms with Crippen LogP contribution in [0.3, 0.4) is 0 Å². The number of carbonyl (C=O) groups excluding carboxylic acids is 1. The molecule has 0 radical (unpaired) electrons. The number of hydrogen-bond donors (Lipinski definition) is 1. The Labute approximate surface area is 137 Å². The Morgan fingerprint density at radius 1 is 1.48 bits per heavy atom. The lowest BCUT2D eigenvalue weighted by Crippen LogP contribution is -2.37. The lowest BCUT2D eigenvalue weighted by atomic mass is 9.85. The molecule has 1 aliphatic rings. The van der Waals surface area contributed by atoms with Crippen molar-refractivity contribution >= 4 is 48.9 Å². The maximum absolute atomic E-state index is 12.8. The summed E-state index contributed by atoms with van der Waals surface area (Å²) < 4.78 is 2.05. The van der Waals surface area contributed by atoms with Crippen molar-refractivity contribution in [3.8, 4) is 0 Å². The number of anilines is 1. The van der Waals surface area contributed by atoms with Crippen LogP contribution in [-0.2, 0) is 0 Å². The SMILES string of the molecule is CCN(CC1CCC1)C(=O)c1sc2ccc(Br)cc2c1N. The molecule has 0 aliphatic heterocycles. The molecule has 0 spiro atoms. The molecule has 0 unspecified atom stereocenters. The third-order valence-electron chi connectivity index (χ3n) is 4.25. The Morgan fingerprint density at radius 3 is 2.86 bits per heavy atom. The third-order valence-corrected chi connectivity index (χ3v) is 5.92. The number of amides is 1. The number of benzene rings is 1. The van der Waals surface area contributed by atoms with E-state index in [-0.39, 0.29) is 5.91 Å². The quantitative estimate of drug-likeness (QED) is 0.864. The highest BCUT2D eigenvalue weighted by atomic mass is 79.9. The summed E-state index contributed by atoms with van der Waals surface area (Å²) in [5.41, 5.74) is 6.84. The molecule has 21 heavy (non-hydrogen) atoms. The van der Waals surface area contributed by atoms with Crippen molar-refractivity contribution in [2.75, 3.05) is 18.8 Å². The molecule has 3 rings (SSSR count). The van der Waals surface area contributed by atoms with E-state index in [4.69, 9.17) is 5.73 Å². The van der Waals surface area contributed by atoms with Gasteiger partial charge in [-0.2, -0.15) is 0 Å². The standard InChI is InChI=1S/C16H19BrN2OS/c1-2-19(9-10-4-3-5-10)16(20)15-14(18)12-8-11(17)6-7-13(12)21-15/h6-8,10H,2-5,9,18H2,1H3. The molecular formula is C16H19BrN2OS. The summed E-state index contributed by atoms with van der Waals surface area (Å²) in [6.07, 6.45) is 3.80. The van der Waals surface area contributed by atoms with Crippen molar-refractivity contribution in [1.29, 1.82) is 0 Å². The van der Waals surface area contributed by atoms with Crippen LogP contribution in [0, 0.1) is 5.92 Å². The van der Waals surface area contributed by atoms with Gasteiger partial charge >= 0.3 is 0 Å².